The summed E-state index contributed by atoms with van der Waals surface area (Å²) in [7, 11) is 1.53. The molecule has 8 heteroatoms. The van der Waals surface area contributed by atoms with Gasteiger partial charge in [0.25, 0.3) is 0 Å². The third-order valence-corrected chi connectivity index (χ3v) is 4.56. The number of carbonyl (C=O) groups is 3. The van der Waals surface area contributed by atoms with Gasteiger partial charge in [0.15, 0.2) is 0 Å². The third-order valence-electron chi connectivity index (χ3n) is 4.56. The summed E-state index contributed by atoms with van der Waals surface area (Å²) >= 11 is 0. The normalized spacial score (nSPS) is 13.5. The number of hydrogen-bond acceptors (Lipinski definition) is 5. The minimum absolute atomic E-state index is 0.104. The van der Waals surface area contributed by atoms with Crippen LogP contribution in [0.1, 0.15) is 65.6 Å². The fourth-order valence-electron chi connectivity index (χ4n) is 3.06. The maximum Gasteiger partial charge on any atom is 0.408 e. The average molecular weight is 436 g/mol. The Balaban J connectivity index is 3.26. The lowest BCUT2D eigenvalue weighted by Crippen LogP contribution is -2.54. The monoisotopic (exact) mass is 435 g/mol. The van der Waals surface area contributed by atoms with Crippen molar-refractivity contribution < 1.29 is 24.2 Å². The number of aryl methyl sites for hydroxylation is 1. The van der Waals surface area contributed by atoms with Crippen molar-refractivity contribution in [1.29, 1.82) is 0 Å². The molecule has 0 fully saturated rings. The van der Waals surface area contributed by atoms with Crippen molar-refractivity contribution in [2.24, 2.45) is 5.92 Å². The van der Waals surface area contributed by atoms with Crippen molar-refractivity contribution in [3.63, 3.8) is 0 Å². The molecule has 2 unspecified atom stereocenters. The molecule has 1 rings (SSSR count). The summed E-state index contributed by atoms with van der Waals surface area (Å²) in [6.45, 7) is 14.2. The van der Waals surface area contributed by atoms with Crippen LogP contribution in [0.3, 0.4) is 0 Å². The first-order valence-electron chi connectivity index (χ1n) is 10.5. The van der Waals surface area contributed by atoms with Gasteiger partial charge in [-0.15, -0.1) is 0 Å². The summed E-state index contributed by atoms with van der Waals surface area (Å²) in [5.74, 6) is -0.906. The van der Waals surface area contributed by atoms with Crippen molar-refractivity contribution in [3.8, 4) is 5.75 Å². The quantitative estimate of drug-likeness (QED) is 0.609. The predicted molar refractivity (Wildman–Crippen MR) is 120 cm³/mol. The van der Waals surface area contributed by atoms with Crippen molar-refractivity contribution in [1.82, 2.24) is 15.5 Å². The van der Waals surface area contributed by atoms with E-state index in [1.807, 2.05) is 27.7 Å². The Kier molecular flexibility index (Phi) is 8.90. The fourth-order valence-corrected chi connectivity index (χ4v) is 3.06. The lowest BCUT2D eigenvalue weighted by Gasteiger charge is -2.33. The van der Waals surface area contributed by atoms with Crippen LogP contribution in [0.4, 0.5) is 4.79 Å². The summed E-state index contributed by atoms with van der Waals surface area (Å²) in [5, 5.41) is 15.3. The van der Waals surface area contributed by atoms with Crippen molar-refractivity contribution in [2.45, 2.75) is 79.1 Å². The minimum atomic E-state index is -0.934. The van der Waals surface area contributed by atoms with Crippen molar-refractivity contribution >= 4 is 17.9 Å². The molecule has 0 bridgehead atoms. The molecule has 0 aliphatic heterocycles. The number of likely N-dealkylation sites (N-methyl/N-ethyl adjacent to an activating group) is 1. The van der Waals surface area contributed by atoms with Gasteiger partial charge in [-0.05, 0) is 70.7 Å². The first kappa shape index (κ1) is 26.3. The van der Waals surface area contributed by atoms with Crippen molar-refractivity contribution in [3.05, 3.63) is 29.3 Å². The average Bonchev–Trinajstić information content (AvgIpc) is 2.59. The zero-order chi connectivity index (χ0) is 24.1. The molecule has 31 heavy (non-hydrogen) atoms. The van der Waals surface area contributed by atoms with Crippen molar-refractivity contribution in [2.75, 3.05) is 7.05 Å². The maximum atomic E-state index is 13.4. The molecule has 0 heterocycles. The highest BCUT2D eigenvalue weighted by molar-refractivity contribution is 5.92. The zero-order valence-corrected chi connectivity index (χ0v) is 20.1. The van der Waals surface area contributed by atoms with E-state index < -0.39 is 29.7 Å². The molecule has 0 saturated carbocycles. The topological polar surface area (TPSA) is 108 Å². The Morgan fingerprint density at radius 3 is 2.10 bits per heavy atom. The number of nitrogens with one attached hydrogen (secondary N) is 2. The fraction of sp³-hybridized carbons (Fsp3) is 0.609. The van der Waals surface area contributed by atoms with Gasteiger partial charge in [-0.25, -0.2) is 4.79 Å². The highest BCUT2D eigenvalue weighted by atomic mass is 16.6. The predicted octanol–water partition coefficient (Wildman–Crippen LogP) is 3.27. The summed E-state index contributed by atoms with van der Waals surface area (Å²) in [6.07, 6.45) is -0.698. The van der Waals surface area contributed by atoms with Gasteiger partial charge in [-0.1, -0.05) is 19.9 Å². The standard InChI is InChI=1S/C23H37N3O5/c1-13(2)18(25-22(30)31-23(6,7)8)21(29)26(9)19(20(28)24-14(3)4)16-10-11-17(27)15(5)12-16/h10-14,18-19,27H,1-9H3,(H,24,28)(H,25,30). The Hall–Kier alpha value is -2.77. The number of alkyl carbamates (subject to hydrolysis) is 1. The van der Waals surface area contributed by atoms with Gasteiger partial charge in [0.2, 0.25) is 11.8 Å². The molecule has 3 amide bonds. The highest BCUT2D eigenvalue weighted by Crippen LogP contribution is 2.26. The smallest absolute Gasteiger partial charge is 0.408 e. The molecule has 8 nitrogen and oxygen atoms in total. The van der Waals surface area contributed by atoms with E-state index in [0.29, 0.717) is 11.1 Å². The Labute approximate surface area is 185 Å². The third kappa shape index (κ3) is 7.77. The first-order valence-corrected chi connectivity index (χ1v) is 10.5. The molecule has 2 atom stereocenters. The number of carbonyl (C=O) groups excluding carboxylic acids is 3. The van der Waals surface area contributed by atoms with Crippen LogP contribution < -0.4 is 10.6 Å². The van der Waals surface area contributed by atoms with E-state index in [-0.39, 0.29) is 23.6 Å². The van der Waals surface area contributed by atoms with E-state index in [0.717, 1.165) is 0 Å². The van der Waals surface area contributed by atoms with Gasteiger partial charge in [0.1, 0.15) is 23.4 Å². The summed E-state index contributed by atoms with van der Waals surface area (Å²) in [4.78, 5) is 40.0. The Morgan fingerprint density at radius 1 is 1.06 bits per heavy atom. The number of hydrogen-bond donors (Lipinski definition) is 3. The second-order valence-electron chi connectivity index (χ2n) is 9.43. The number of ether oxygens (including phenoxy) is 1. The molecular formula is C23H37N3O5. The summed E-state index contributed by atoms with van der Waals surface area (Å²) < 4.78 is 5.29. The highest BCUT2D eigenvalue weighted by Gasteiger charge is 2.35. The zero-order valence-electron chi connectivity index (χ0n) is 20.1. The van der Waals surface area contributed by atoms with E-state index in [9.17, 15) is 19.5 Å². The second-order valence-corrected chi connectivity index (χ2v) is 9.43. The maximum absolute atomic E-state index is 13.4. The molecule has 0 saturated heterocycles. The number of nitrogens with zero attached hydrogens (tertiary/aromatic N) is 1. The number of amides is 3. The molecule has 0 spiro atoms. The molecule has 3 N–H and O–H groups in total. The summed E-state index contributed by atoms with van der Waals surface area (Å²) in [6, 6.07) is 2.84. The molecule has 1 aromatic rings. The number of phenolic OH excluding ortho intramolecular Hbond substituents is 1. The Bertz CT molecular complexity index is 799. The largest absolute Gasteiger partial charge is 0.508 e. The number of rotatable bonds is 7. The van der Waals surface area contributed by atoms with Gasteiger partial charge in [0.05, 0.1) is 0 Å². The molecule has 0 aromatic heterocycles. The van der Waals surface area contributed by atoms with Crippen LogP contribution in [0.25, 0.3) is 0 Å². The molecular weight excluding hydrogens is 398 g/mol. The van der Waals surface area contributed by atoms with E-state index in [1.165, 1.54) is 18.0 Å². The van der Waals surface area contributed by atoms with Crippen LogP contribution in [0.15, 0.2) is 18.2 Å². The van der Waals surface area contributed by atoms with E-state index >= 15 is 0 Å². The number of aromatic hydroxyl groups is 1. The van der Waals surface area contributed by atoms with Gasteiger partial charge in [0, 0.05) is 13.1 Å². The lowest BCUT2D eigenvalue weighted by atomic mass is 9.98. The molecule has 0 radical (unpaired) electrons. The van der Waals surface area contributed by atoms with Crippen LogP contribution in [0.5, 0.6) is 5.75 Å². The SMILES string of the molecule is Cc1cc(C(C(=O)NC(C)C)N(C)C(=O)C(NC(=O)OC(C)(C)C)C(C)C)ccc1O. The van der Waals surface area contributed by atoms with Crippen LogP contribution in [-0.4, -0.2) is 52.6 Å². The first-order chi connectivity index (χ1) is 14.1. The van der Waals surface area contributed by atoms with Gasteiger partial charge in [-0.3, -0.25) is 9.59 Å². The van der Waals surface area contributed by atoms with Crippen LogP contribution in [-0.2, 0) is 14.3 Å². The van der Waals surface area contributed by atoms with Crippen LogP contribution in [0, 0.1) is 12.8 Å². The number of benzene rings is 1. The van der Waals surface area contributed by atoms with Gasteiger partial charge >= 0.3 is 6.09 Å². The molecule has 1 aromatic carbocycles. The second kappa shape index (κ2) is 10.5. The number of phenols is 1. The Morgan fingerprint density at radius 2 is 1.65 bits per heavy atom. The van der Waals surface area contributed by atoms with Gasteiger partial charge < -0.3 is 25.4 Å². The summed E-state index contributed by atoms with van der Waals surface area (Å²) in [5.41, 5.74) is 0.446. The van der Waals surface area contributed by atoms with Crippen LogP contribution >= 0.6 is 0 Å². The molecule has 0 aliphatic carbocycles. The van der Waals surface area contributed by atoms with Crippen LogP contribution in [0.2, 0.25) is 0 Å². The minimum Gasteiger partial charge on any atom is -0.508 e. The lowest BCUT2D eigenvalue weighted by molar-refractivity contribution is -0.141. The van der Waals surface area contributed by atoms with E-state index in [4.69, 9.17) is 4.74 Å². The van der Waals surface area contributed by atoms with Gasteiger partial charge in [-0.2, -0.15) is 0 Å². The van der Waals surface area contributed by atoms with E-state index in [2.05, 4.69) is 10.6 Å². The van der Waals surface area contributed by atoms with E-state index in [1.54, 1.807) is 39.8 Å². The molecule has 0 aliphatic rings. The molecule has 174 valence electrons.